The smallest absolute Gasteiger partial charge is 0.282 e. The van der Waals surface area contributed by atoms with E-state index < -0.39 is 4.92 Å². The third-order valence-corrected chi connectivity index (χ3v) is 3.77. The van der Waals surface area contributed by atoms with Crippen LogP contribution in [-0.2, 0) is 4.79 Å². The molecule has 0 aliphatic carbocycles. The first-order valence-corrected chi connectivity index (χ1v) is 7.49. The molecule has 0 radical (unpaired) electrons. The molecule has 7 heteroatoms. The van der Waals surface area contributed by atoms with E-state index in [1.54, 1.807) is 56.5 Å². The average Bonchev–Trinajstić information content (AvgIpc) is 2.89. The quantitative estimate of drug-likeness (QED) is 0.486. The number of methoxy groups -OCH3 is 1. The van der Waals surface area contributed by atoms with E-state index in [2.05, 4.69) is 4.99 Å². The highest BCUT2D eigenvalue weighted by Gasteiger charge is 2.28. The van der Waals surface area contributed by atoms with E-state index in [0.29, 0.717) is 22.8 Å². The van der Waals surface area contributed by atoms with Gasteiger partial charge in [-0.05, 0) is 55.0 Å². The highest BCUT2D eigenvalue weighted by Crippen LogP contribution is 2.27. The van der Waals surface area contributed by atoms with Crippen molar-refractivity contribution in [2.45, 2.75) is 6.92 Å². The number of amides is 1. The monoisotopic (exact) mass is 337 g/mol. The number of nitro groups is 1. The second-order valence-corrected chi connectivity index (χ2v) is 5.38. The molecule has 25 heavy (non-hydrogen) atoms. The number of hydrogen-bond acceptors (Lipinski definition) is 5. The number of nitrogens with zero attached hydrogens (tertiary/aromatic N) is 3. The van der Waals surface area contributed by atoms with Crippen LogP contribution in [0.2, 0.25) is 0 Å². The van der Waals surface area contributed by atoms with Gasteiger partial charge in [-0.3, -0.25) is 19.8 Å². The van der Waals surface area contributed by atoms with Gasteiger partial charge in [0.2, 0.25) is 0 Å². The minimum Gasteiger partial charge on any atom is -0.497 e. The van der Waals surface area contributed by atoms with Crippen molar-refractivity contribution in [1.29, 1.82) is 0 Å². The van der Waals surface area contributed by atoms with Crippen LogP contribution in [0.3, 0.4) is 0 Å². The number of nitro benzene ring substituents is 1. The summed E-state index contributed by atoms with van der Waals surface area (Å²) in [7, 11) is 1.58. The van der Waals surface area contributed by atoms with E-state index in [0.717, 1.165) is 0 Å². The number of benzene rings is 2. The van der Waals surface area contributed by atoms with Crippen molar-refractivity contribution in [3.05, 3.63) is 69.9 Å². The van der Waals surface area contributed by atoms with Gasteiger partial charge in [-0.1, -0.05) is 0 Å². The molecule has 0 unspecified atom stereocenters. The molecule has 0 saturated heterocycles. The number of hydrogen-bond donors (Lipinski definition) is 0. The Morgan fingerprint density at radius 1 is 1.12 bits per heavy atom. The Morgan fingerprint density at radius 2 is 1.76 bits per heavy atom. The van der Waals surface area contributed by atoms with Crippen LogP contribution in [0.4, 0.5) is 11.4 Å². The zero-order valence-corrected chi connectivity index (χ0v) is 13.7. The molecule has 7 nitrogen and oxygen atoms in total. The summed E-state index contributed by atoms with van der Waals surface area (Å²) in [4.78, 5) is 28.7. The zero-order valence-electron chi connectivity index (χ0n) is 13.7. The van der Waals surface area contributed by atoms with Crippen LogP contribution < -0.4 is 9.64 Å². The fraction of sp³-hybridized carbons (Fsp3) is 0.111. The molecule has 3 rings (SSSR count). The van der Waals surface area contributed by atoms with Crippen molar-refractivity contribution in [3.63, 3.8) is 0 Å². The SMILES string of the molecule is COc1ccc(N2C(=O)/C(=C/c3ccc([N+](=O)[O-])cc3)N=C2C)cc1. The molecule has 1 aliphatic heterocycles. The molecule has 1 aliphatic rings. The fourth-order valence-electron chi connectivity index (χ4n) is 2.51. The summed E-state index contributed by atoms with van der Waals surface area (Å²) in [5.41, 5.74) is 1.64. The van der Waals surface area contributed by atoms with Crippen molar-refractivity contribution in [2.24, 2.45) is 4.99 Å². The minimum atomic E-state index is -0.467. The van der Waals surface area contributed by atoms with Crippen molar-refractivity contribution in [1.82, 2.24) is 0 Å². The molecule has 0 atom stereocenters. The normalized spacial score (nSPS) is 15.4. The van der Waals surface area contributed by atoms with Crippen LogP contribution in [0.1, 0.15) is 12.5 Å². The molecule has 0 fully saturated rings. The van der Waals surface area contributed by atoms with Crippen LogP contribution in [0, 0.1) is 10.1 Å². The summed E-state index contributed by atoms with van der Waals surface area (Å²) in [6.45, 7) is 1.75. The van der Waals surface area contributed by atoms with E-state index in [9.17, 15) is 14.9 Å². The number of carbonyl (C=O) groups is 1. The van der Waals surface area contributed by atoms with Crippen LogP contribution in [0.25, 0.3) is 6.08 Å². The summed E-state index contributed by atoms with van der Waals surface area (Å²) >= 11 is 0. The lowest BCUT2D eigenvalue weighted by atomic mass is 10.1. The van der Waals surface area contributed by atoms with Gasteiger partial charge in [0.15, 0.2) is 0 Å². The number of anilines is 1. The van der Waals surface area contributed by atoms with E-state index in [4.69, 9.17) is 4.74 Å². The van der Waals surface area contributed by atoms with Crippen molar-refractivity contribution < 1.29 is 14.5 Å². The first kappa shape index (κ1) is 16.4. The van der Waals surface area contributed by atoms with Gasteiger partial charge >= 0.3 is 0 Å². The predicted octanol–water partition coefficient (Wildman–Crippen LogP) is 3.41. The fourth-order valence-corrected chi connectivity index (χ4v) is 2.51. The Labute approximate surface area is 144 Å². The van der Waals surface area contributed by atoms with Gasteiger partial charge in [0, 0.05) is 12.1 Å². The lowest BCUT2D eigenvalue weighted by Crippen LogP contribution is -2.30. The molecule has 1 amide bonds. The Balaban J connectivity index is 1.87. The van der Waals surface area contributed by atoms with Crippen molar-refractivity contribution >= 4 is 29.2 Å². The Bertz CT molecular complexity index is 884. The average molecular weight is 337 g/mol. The first-order valence-electron chi connectivity index (χ1n) is 7.49. The Kier molecular flexibility index (Phi) is 4.30. The predicted molar refractivity (Wildman–Crippen MR) is 94.7 cm³/mol. The van der Waals surface area contributed by atoms with Crippen LogP contribution in [0.5, 0.6) is 5.75 Å². The number of amidine groups is 1. The molecule has 2 aromatic carbocycles. The summed E-state index contributed by atoms with van der Waals surface area (Å²) in [6, 6.07) is 13.1. The lowest BCUT2D eigenvalue weighted by Gasteiger charge is -2.16. The molecule has 1 heterocycles. The van der Waals surface area contributed by atoms with Gasteiger partial charge in [0.1, 0.15) is 17.3 Å². The number of rotatable bonds is 4. The van der Waals surface area contributed by atoms with E-state index in [-0.39, 0.29) is 17.3 Å². The number of ether oxygens (including phenoxy) is 1. The molecule has 126 valence electrons. The third-order valence-electron chi connectivity index (χ3n) is 3.77. The Hall–Kier alpha value is -3.48. The standard InChI is InChI=1S/C18H15N3O4/c1-12-19-17(11-13-3-5-15(6-4-13)21(23)24)18(22)20(12)14-7-9-16(25-2)10-8-14/h3-11H,1-2H3/b17-11-. The molecular weight excluding hydrogens is 322 g/mol. The van der Waals surface area contributed by atoms with Crippen molar-refractivity contribution in [3.8, 4) is 5.75 Å². The molecule has 0 N–H and O–H groups in total. The summed E-state index contributed by atoms with van der Waals surface area (Å²) < 4.78 is 5.12. The van der Waals surface area contributed by atoms with Gasteiger partial charge in [-0.15, -0.1) is 0 Å². The molecule has 0 saturated carbocycles. The van der Waals surface area contributed by atoms with Gasteiger partial charge in [0.25, 0.3) is 11.6 Å². The number of aliphatic imine (C=N–C) groups is 1. The Morgan fingerprint density at radius 3 is 2.32 bits per heavy atom. The van der Waals surface area contributed by atoms with Crippen LogP contribution in [-0.4, -0.2) is 23.8 Å². The second-order valence-electron chi connectivity index (χ2n) is 5.38. The van der Waals surface area contributed by atoms with E-state index in [1.165, 1.54) is 17.0 Å². The largest absolute Gasteiger partial charge is 0.497 e. The maximum absolute atomic E-state index is 12.7. The molecule has 0 bridgehead atoms. The van der Waals surface area contributed by atoms with Crippen LogP contribution in [0.15, 0.2) is 59.2 Å². The first-order chi connectivity index (χ1) is 12.0. The number of carbonyl (C=O) groups excluding carboxylic acids is 1. The van der Waals surface area contributed by atoms with Crippen molar-refractivity contribution in [2.75, 3.05) is 12.0 Å². The summed E-state index contributed by atoms with van der Waals surface area (Å²) in [5.74, 6) is 1.01. The summed E-state index contributed by atoms with van der Waals surface area (Å²) in [5, 5.41) is 10.7. The number of non-ortho nitro benzene ring substituents is 1. The zero-order chi connectivity index (χ0) is 18.0. The molecule has 2 aromatic rings. The molecule has 0 spiro atoms. The van der Waals surface area contributed by atoms with Gasteiger partial charge in [-0.2, -0.15) is 0 Å². The topological polar surface area (TPSA) is 85.0 Å². The van der Waals surface area contributed by atoms with E-state index in [1.807, 2.05) is 0 Å². The summed E-state index contributed by atoms with van der Waals surface area (Å²) in [6.07, 6.45) is 1.61. The van der Waals surface area contributed by atoms with E-state index >= 15 is 0 Å². The minimum absolute atomic E-state index is 0.000519. The highest BCUT2D eigenvalue weighted by atomic mass is 16.6. The van der Waals surface area contributed by atoms with Gasteiger partial charge < -0.3 is 4.74 Å². The third kappa shape index (κ3) is 3.25. The lowest BCUT2D eigenvalue weighted by molar-refractivity contribution is -0.384. The van der Waals surface area contributed by atoms with Crippen LogP contribution >= 0.6 is 0 Å². The maximum Gasteiger partial charge on any atom is 0.282 e. The second kappa shape index (κ2) is 6.56. The molecular formula is C18H15N3O4. The van der Waals surface area contributed by atoms with Gasteiger partial charge in [-0.25, -0.2) is 4.99 Å². The van der Waals surface area contributed by atoms with Gasteiger partial charge in [0.05, 0.1) is 17.7 Å². The highest BCUT2D eigenvalue weighted by molar-refractivity contribution is 6.28. The molecule has 0 aromatic heterocycles. The maximum atomic E-state index is 12.7.